The summed E-state index contributed by atoms with van der Waals surface area (Å²) in [6.45, 7) is 8.88. The van der Waals surface area contributed by atoms with Gasteiger partial charge in [0.15, 0.2) is 5.65 Å². The number of rotatable bonds is 18. The molecule has 13 nitrogen and oxygen atoms in total. The maximum atomic E-state index is 13.1. The molecule has 5 heterocycles. The highest BCUT2D eigenvalue weighted by Gasteiger charge is 2.34. The Balaban J connectivity index is 0.702. The normalized spacial score (nSPS) is 17.7. The summed E-state index contributed by atoms with van der Waals surface area (Å²) < 4.78 is 25.5. The molecule has 3 aliphatic rings. The van der Waals surface area contributed by atoms with Gasteiger partial charge in [0, 0.05) is 60.5 Å². The van der Waals surface area contributed by atoms with Crippen molar-refractivity contribution in [1.82, 2.24) is 34.9 Å². The molecule has 57 heavy (non-hydrogen) atoms. The predicted molar refractivity (Wildman–Crippen MR) is 222 cm³/mol. The van der Waals surface area contributed by atoms with Crippen molar-refractivity contribution >= 4 is 34.5 Å². The molecule has 0 aliphatic carbocycles. The Hall–Kier alpha value is -4.57. The van der Waals surface area contributed by atoms with Crippen LogP contribution in [-0.2, 0) is 20.8 Å². The Morgan fingerprint density at radius 2 is 1.56 bits per heavy atom. The Morgan fingerprint density at radius 3 is 2.33 bits per heavy atom. The Bertz CT molecular complexity index is 2070. The number of benzene rings is 3. The quantitative estimate of drug-likeness (QED) is 0.0788. The Kier molecular flexibility index (Phi) is 13.3. The van der Waals surface area contributed by atoms with Gasteiger partial charge in [-0.1, -0.05) is 24.3 Å². The number of carbonyl (C=O) groups excluding carboxylic acids is 1. The standard InChI is InChI=1S/C43H52N8O5S/c44-41-39-40(31-11-13-35(14-12-31)56-34-7-2-1-3-8-34)48-51(42(39)47-30-46-41)32-15-18-49(19-16-32)20-21-53-22-23-54-24-25-55-26-27-57-38-10-4-9-36-37(38)29-50(43(36)52)33-6-5-17-45-28-33/h1-4,7-14,30,32-33,45H,5-6,15-29H2,(H2,44,46,47). The van der Waals surface area contributed by atoms with Crippen LogP contribution < -0.4 is 15.8 Å². The van der Waals surface area contributed by atoms with E-state index in [4.69, 9.17) is 29.8 Å². The minimum atomic E-state index is 0.172. The summed E-state index contributed by atoms with van der Waals surface area (Å²) in [6, 6.07) is 24.2. The van der Waals surface area contributed by atoms with E-state index in [1.807, 2.05) is 71.4 Å². The third-order valence-electron chi connectivity index (χ3n) is 11.0. The smallest absolute Gasteiger partial charge is 0.254 e. The van der Waals surface area contributed by atoms with Gasteiger partial charge in [-0.3, -0.25) is 4.79 Å². The van der Waals surface area contributed by atoms with E-state index in [1.165, 1.54) is 16.8 Å². The van der Waals surface area contributed by atoms with Gasteiger partial charge in [-0.25, -0.2) is 14.6 Å². The number of nitrogens with zero attached hydrogens (tertiary/aromatic N) is 6. The molecule has 3 aliphatic heterocycles. The number of amides is 1. The second kappa shape index (κ2) is 19.2. The summed E-state index contributed by atoms with van der Waals surface area (Å²) >= 11 is 1.76. The summed E-state index contributed by atoms with van der Waals surface area (Å²) in [5.74, 6) is 2.97. The van der Waals surface area contributed by atoms with E-state index in [0.717, 1.165) is 104 Å². The van der Waals surface area contributed by atoms with Crippen LogP contribution in [0.15, 0.2) is 84.0 Å². The third-order valence-corrected chi connectivity index (χ3v) is 12.0. The summed E-state index contributed by atoms with van der Waals surface area (Å²) in [7, 11) is 0. The van der Waals surface area contributed by atoms with Crippen LogP contribution in [0.5, 0.6) is 11.5 Å². The zero-order valence-corrected chi connectivity index (χ0v) is 33.2. The number of thioether (sulfide) groups is 1. The lowest BCUT2D eigenvalue weighted by Crippen LogP contribution is -2.46. The predicted octanol–water partition coefficient (Wildman–Crippen LogP) is 6.05. The first-order chi connectivity index (χ1) is 28.1. The number of likely N-dealkylation sites (tertiary alicyclic amines) is 1. The minimum Gasteiger partial charge on any atom is -0.457 e. The average molecular weight is 793 g/mol. The maximum absolute atomic E-state index is 13.1. The highest BCUT2D eigenvalue weighted by molar-refractivity contribution is 7.99. The maximum Gasteiger partial charge on any atom is 0.254 e. The first-order valence-electron chi connectivity index (χ1n) is 20.2. The molecule has 8 rings (SSSR count). The van der Waals surface area contributed by atoms with Crippen LogP contribution in [0.4, 0.5) is 5.82 Å². The molecule has 1 amide bonds. The lowest BCUT2D eigenvalue weighted by Gasteiger charge is -2.32. The fraction of sp³-hybridized carbons (Fsp3) is 0.442. The van der Waals surface area contributed by atoms with Crippen LogP contribution in [0, 0.1) is 0 Å². The van der Waals surface area contributed by atoms with Gasteiger partial charge in [-0.15, -0.1) is 11.8 Å². The number of fused-ring (bicyclic) bond motifs is 2. The SMILES string of the molecule is Nc1ncnc2c1c(-c1ccc(Oc3ccccc3)cc1)nn2C1CCN(CCOCCOCCOCCSc2cccc3c2CN(C2CCCNC2)C3=O)CC1. The van der Waals surface area contributed by atoms with Crippen molar-refractivity contribution in [2.24, 2.45) is 0 Å². The highest BCUT2D eigenvalue weighted by atomic mass is 32.2. The van der Waals surface area contributed by atoms with Crippen molar-refractivity contribution in [2.75, 3.05) is 83.9 Å². The Labute approximate surface area is 338 Å². The van der Waals surface area contributed by atoms with Gasteiger partial charge in [0.2, 0.25) is 0 Å². The molecule has 1 unspecified atom stereocenters. The number of para-hydroxylation sites is 1. The zero-order chi connectivity index (χ0) is 38.8. The van der Waals surface area contributed by atoms with Crippen molar-refractivity contribution in [1.29, 1.82) is 0 Å². The zero-order valence-electron chi connectivity index (χ0n) is 32.4. The van der Waals surface area contributed by atoms with Crippen molar-refractivity contribution < 1.29 is 23.7 Å². The van der Waals surface area contributed by atoms with Gasteiger partial charge >= 0.3 is 0 Å². The molecule has 2 saturated heterocycles. The number of ether oxygens (including phenoxy) is 4. The molecule has 2 aromatic heterocycles. The third kappa shape index (κ3) is 9.60. The largest absolute Gasteiger partial charge is 0.457 e. The Morgan fingerprint density at radius 1 is 0.807 bits per heavy atom. The van der Waals surface area contributed by atoms with Gasteiger partial charge in [0.05, 0.1) is 51.1 Å². The van der Waals surface area contributed by atoms with Crippen LogP contribution >= 0.6 is 11.8 Å². The van der Waals surface area contributed by atoms with Crippen molar-refractivity contribution in [2.45, 2.75) is 49.2 Å². The molecule has 0 bridgehead atoms. The van der Waals surface area contributed by atoms with Gasteiger partial charge < -0.3 is 39.8 Å². The van der Waals surface area contributed by atoms with Crippen molar-refractivity contribution in [3.63, 3.8) is 0 Å². The van der Waals surface area contributed by atoms with Gasteiger partial charge in [-0.2, -0.15) is 5.10 Å². The number of nitrogens with two attached hydrogens (primary N) is 1. The molecule has 0 radical (unpaired) electrons. The first kappa shape index (κ1) is 39.3. The van der Waals surface area contributed by atoms with Crippen LogP contribution in [-0.4, -0.2) is 120 Å². The molecule has 5 aromatic rings. The fourth-order valence-electron chi connectivity index (χ4n) is 7.95. The van der Waals surface area contributed by atoms with Gasteiger partial charge in [-0.05, 0) is 86.3 Å². The fourth-order valence-corrected chi connectivity index (χ4v) is 8.89. The number of nitrogen functional groups attached to an aromatic ring is 1. The van der Waals surface area contributed by atoms with E-state index in [1.54, 1.807) is 11.8 Å². The molecule has 300 valence electrons. The van der Waals surface area contributed by atoms with Crippen molar-refractivity contribution in [3.8, 4) is 22.8 Å². The van der Waals surface area contributed by atoms with E-state index < -0.39 is 0 Å². The van der Waals surface area contributed by atoms with Crippen LogP contribution in [0.25, 0.3) is 22.3 Å². The number of nitrogens with one attached hydrogen (secondary N) is 1. The van der Waals surface area contributed by atoms with Crippen LogP contribution in [0.2, 0.25) is 0 Å². The minimum absolute atomic E-state index is 0.172. The first-order valence-corrected chi connectivity index (χ1v) is 21.1. The molecule has 3 aromatic carbocycles. The van der Waals surface area contributed by atoms with E-state index in [-0.39, 0.29) is 18.0 Å². The number of hydrogen-bond acceptors (Lipinski definition) is 12. The molecule has 0 saturated carbocycles. The van der Waals surface area contributed by atoms with E-state index in [2.05, 4.69) is 31.2 Å². The molecule has 3 N–H and O–H groups in total. The van der Waals surface area contributed by atoms with E-state index in [0.29, 0.717) is 52.0 Å². The molecule has 2 fully saturated rings. The molecular formula is C43H52N8O5S. The lowest BCUT2D eigenvalue weighted by molar-refractivity contribution is 0.0114. The van der Waals surface area contributed by atoms with Crippen molar-refractivity contribution in [3.05, 3.63) is 90.3 Å². The highest BCUT2D eigenvalue weighted by Crippen LogP contribution is 2.36. The summed E-state index contributed by atoms with van der Waals surface area (Å²) in [6.07, 6.45) is 5.62. The average Bonchev–Trinajstić information content (AvgIpc) is 3.82. The number of carbonyl (C=O) groups is 1. The number of aromatic nitrogens is 4. The lowest BCUT2D eigenvalue weighted by atomic mass is 10.1. The summed E-state index contributed by atoms with van der Waals surface area (Å²) in [5, 5.41) is 9.29. The summed E-state index contributed by atoms with van der Waals surface area (Å²) in [4.78, 5) is 27.7. The second-order valence-corrected chi connectivity index (χ2v) is 15.8. The number of hydrogen-bond donors (Lipinski definition) is 2. The van der Waals surface area contributed by atoms with Gasteiger partial charge in [0.1, 0.15) is 29.3 Å². The molecule has 1 atom stereocenters. The van der Waals surface area contributed by atoms with E-state index in [9.17, 15) is 4.79 Å². The number of piperidine rings is 2. The summed E-state index contributed by atoms with van der Waals surface area (Å²) in [5.41, 5.74) is 10.9. The second-order valence-electron chi connectivity index (χ2n) is 14.7. The van der Waals surface area contributed by atoms with Crippen LogP contribution in [0.3, 0.4) is 0 Å². The topological polar surface area (TPSA) is 142 Å². The van der Waals surface area contributed by atoms with E-state index >= 15 is 0 Å². The molecular weight excluding hydrogens is 741 g/mol. The monoisotopic (exact) mass is 792 g/mol. The molecule has 14 heteroatoms. The number of anilines is 1. The van der Waals surface area contributed by atoms with Crippen LogP contribution in [0.1, 0.15) is 47.6 Å². The van der Waals surface area contributed by atoms with Gasteiger partial charge in [0.25, 0.3) is 5.91 Å². The molecule has 0 spiro atoms.